The molecule has 1 atom stereocenters. The van der Waals surface area contributed by atoms with Gasteiger partial charge in [0, 0.05) is 18.4 Å². The van der Waals surface area contributed by atoms with E-state index >= 15 is 0 Å². The van der Waals surface area contributed by atoms with E-state index < -0.39 is 5.69 Å². The van der Waals surface area contributed by atoms with Crippen LogP contribution in [0.5, 0.6) is 0 Å². The fourth-order valence-corrected chi connectivity index (χ4v) is 4.13. The summed E-state index contributed by atoms with van der Waals surface area (Å²) in [7, 11) is 0. The highest BCUT2D eigenvalue weighted by Gasteiger charge is 2.13. The molecule has 0 radical (unpaired) electrons. The van der Waals surface area contributed by atoms with E-state index in [-0.39, 0.29) is 0 Å². The summed E-state index contributed by atoms with van der Waals surface area (Å²) in [5.74, 6) is 0. The number of pyridine rings is 1. The van der Waals surface area contributed by atoms with Crippen molar-refractivity contribution in [1.29, 1.82) is 0 Å². The quantitative estimate of drug-likeness (QED) is 0.619. The molecule has 1 saturated heterocycles. The van der Waals surface area contributed by atoms with Gasteiger partial charge in [0.15, 0.2) is 0 Å². The molecule has 1 N–H and O–H groups in total. The van der Waals surface area contributed by atoms with Gasteiger partial charge in [-0.05, 0) is 56.7 Å². The molecule has 0 amide bonds. The maximum atomic E-state index is 5.04. The first kappa shape index (κ1) is 19.1. The van der Waals surface area contributed by atoms with Gasteiger partial charge in [-0.2, -0.15) is 0 Å². The minimum Gasteiger partial charge on any atom is -0.322 e. The molecule has 120 valence electrons. The molecule has 1 aromatic heterocycles. The summed E-state index contributed by atoms with van der Waals surface area (Å²) >= 11 is 8.90. The highest BCUT2D eigenvalue weighted by atomic mass is 32.9. The Kier molecular flexibility index (Phi) is 9.73. The predicted octanol–water partition coefficient (Wildman–Crippen LogP) is 4.11. The molecular weight excluding hydrogens is 323 g/mol. The Bertz CT molecular complexity index is 418. The second kappa shape index (κ2) is 10.7. The van der Waals surface area contributed by atoms with Gasteiger partial charge in [-0.1, -0.05) is 24.7 Å². The Labute approximate surface area is 138 Å². The highest BCUT2D eigenvalue weighted by molar-refractivity contribution is 8.60. The maximum absolute atomic E-state index is 5.04. The molecule has 0 aromatic carbocycles. The molecule has 2 heterocycles. The summed E-state index contributed by atoms with van der Waals surface area (Å²) < 4.78 is 10.1. The molecule has 2 rings (SSSR count). The molecule has 4 nitrogen and oxygen atoms in total. The van der Waals surface area contributed by atoms with Crippen molar-refractivity contribution >= 4 is 29.7 Å². The number of hydrogen-bond donors (Lipinski definition) is 2. The summed E-state index contributed by atoms with van der Waals surface area (Å²) in [6.45, 7) is 6.04. The largest absolute Gasteiger partial charge is 0.322 e. The lowest BCUT2D eigenvalue weighted by molar-refractivity contribution is 0.281. The van der Waals surface area contributed by atoms with E-state index in [4.69, 9.17) is 20.9 Å². The number of nitrogens with zero attached hydrogens (tertiary/aromatic N) is 1. The van der Waals surface area contributed by atoms with Crippen molar-refractivity contribution in [1.82, 2.24) is 10.3 Å². The van der Waals surface area contributed by atoms with Gasteiger partial charge in [0.2, 0.25) is 5.69 Å². The van der Waals surface area contributed by atoms with Gasteiger partial charge < -0.3 is 14.4 Å². The van der Waals surface area contributed by atoms with Crippen molar-refractivity contribution in [3.63, 3.8) is 0 Å². The Balaban J connectivity index is 0.000000222. The van der Waals surface area contributed by atoms with E-state index in [1.807, 2.05) is 32.3 Å². The molecule has 1 fully saturated rings. The van der Waals surface area contributed by atoms with Crippen LogP contribution in [-0.2, 0) is 20.9 Å². The molecule has 1 aliphatic rings. The molecule has 0 spiro atoms. The summed E-state index contributed by atoms with van der Waals surface area (Å²) in [6, 6.07) is 4.70. The number of aromatic nitrogens is 1. The van der Waals surface area contributed by atoms with Gasteiger partial charge in [0.25, 0.3) is 0 Å². The van der Waals surface area contributed by atoms with Gasteiger partial charge in [-0.15, -0.1) is 0 Å². The summed E-state index contributed by atoms with van der Waals surface area (Å²) in [5, 5.41) is 3.50. The van der Waals surface area contributed by atoms with Crippen molar-refractivity contribution in [2.24, 2.45) is 0 Å². The van der Waals surface area contributed by atoms with E-state index in [2.05, 4.69) is 28.6 Å². The SMILES string of the molecule is CCOP(=S)(S)OCC.c1cncc(C2CCCCN2)c1. The Morgan fingerprint density at radius 1 is 1.38 bits per heavy atom. The normalized spacial score (nSPS) is 18.7. The van der Waals surface area contributed by atoms with Crippen LogP contribution < -0.4 is 5.32 Å². The zero-order valence-electron chi connectivity index (χ0n) is 12.7. The molecule has 1 unspecified atom stereocenters. The fourth-order valence-electron chi connectivity index (χ4n) is 2.08. The average Bonchev–Trinajstić information content (AvgIpc) is 2.49. The minimum absolute atomic E-state index is 0.549. The summed E-state index contributed by atoms with van der Waals surface area (Å²) in [6.07, 6.45) is 7.70. The first-order valence-electron chi connectivity index (χ1n) is 7.34. The van der Waals surface area contributed by atoms with Crippen LogP contribution in [0.4, 0.5) is 0 Å². The van der Waals surface area contributed by atoms with E-state index in [9.17, 15) is 0 Å². The molecule has 0 bridgehead atoms. The van der Waals surface area contributed by atoms with Gasteiger partial charge >= 0.3 is 0 Å². The van der Waals surface area contributed by atoms with E-state index in [1.54, 1.807) is 0 Å². The monoisotopic (exact) mass is 348 g/mol. The van der Waals surface area contributed by atoms with Gasteiger partial charge in [-0.3, -0.25) is 4.98 Å². The molecule has 7 heteroatoms. The molecule has 1 aliphatic heterocycles. The van der Waals surface area contributed by atoms with E-state index in [0.717, 1.165) is 6.54 Å². The summed E-state index contributed by atoms with van der Waals surface area (Å²) in [4.78, 5) is 4.12. The maximum Gasteiger partial charge on any atom is 0.244 e. The topological polar surface area (TPSA) is 43.4 Å². The number of rotatable bonds is 5. The smallest absolute Gasteiger partial charge is 0.244 e. The van der Waals surface area contributed by atoms with Crippen LogP contribution in [-0.4, -0.2) is 24.7 Å². The average molecular weight is 348 g/mol. The third kappa shape index (κ3) is 8.29. The van der Waals surface area contributed by atoms with Gasteiger partial charge in [-0.25, -0.2) is 0 Å². The lowest BCUT2D eigenvalue weighted by Gasteiger charge is -2.23. The Morgan fingerprint density at radius 3 is 2.57 bits per heavy atom. The number of nitrogens with one attached hydrogen (secondary N) is 1. The van der Waals surface area contributed by atoms with Crippen LogP contribution in [0, 0.1) is 0 Å². The predicted molar refractivity (Wildman–Crippen MR) is 95.4 cm³/mol. The molecule has 1 aromatic rings. The van der Waals surface area contributed by atoms with Crippen LogP contribution in [0.1, 0.15) is 44.7 Å². The third-order valence-corrected chi connectivity index (χ3v) is 5.48. The van der Waals surface area contributed by atoms with Crippen LogP contribution in [0.3, 0.4) is 0 Å². The van der Waals surface area contributed by atoms with E-state index in [1.165, 1.54) is 24.8 Å². The first-order valence-corrected chi connectivity index (χ1v) is 11.1. The lowest BCUT2D eigenvalue weighted by Crippen LogP contribution is -2.26. The lowest BCUT2D eigenvalue weighted by atomic mass is 9.99. The number of hydrogen-bond acceptors (Lipinski definition) is 5. The Hall–Kier alpha value is 0.0300. The van der Waals surface area contributed by atoms with Gasteiger partial charge in [0.1, 0.15) is 0 Å². The van der Waals surface area contributed by atoms with Gasteiger partial charge in [0.05, 0.1) is 13.2 Å². The highest BCUT2D eigenvalue weighted by Crippen LogP contribution is 2.52. The molecule has 0 aliphatic carbocycles. The van der Waals surface area contributed by atoms with Crippen LogP contribution >= 0.6 is 17.9 Å². The second-order valence-corrected chi connectivity index (χ2v) is 9.88. The number of thiol groups is 1. The van der Waals surface area contributed by atoms with Crippen LogP contribution in [0.2, 0.25) is 0 Å². The van der Waals surface area contributed by atoms with Crippen molar-refractivity contribution in [2.45, 2.75) is 39.2 Å². The zero-order chi connectivity index (χ0) is 15.6. The minimum atomic E-state index is -2.16. The fraction of sp³-hybridized carbons (Fsp3) is 0.643. The van der Waals surface area contributed by atoms with Crippen molar-refractivity contribution in [3.05, 3.63) is 30.1 Å². The van der Waals surface area contributed by atoms with Crippen molar-refractivity contribution in [2.75, 3.05) is 19.8 Å². The van der Waals surface area contributed by atoms with Crippen LogP contribution in [0.25, 0.3) is 0 Å². The second-order valence-electron chi connectivity index (χ2n) is 4.59. The standard InChI is InChI=1S/C10H14N2.C4H11O2PS2/c1-2-7-12-10(5-1)9-4-3-6-11-8-9;1-3-5-7(8,9)6-4-2/h3-4,6,8,10,12H,1-2,5,7H2;3-4H2,1-2H3,(H,8,9). The third-order valence-electron chi connectivity index (χ3n) is 2.98. The van der Waals surface area contributed by atoms with Crippen LogP contribution in [0.15, 0.2) is 24.5 Å². The summed E-state index contributed by atoms with van der Waals surface area (Å²) in [5.41, 5.74) is -0.834. The van der Waals surface area contributed by atoms with E-state index in [0.29, 0.717) is 19.3 Å². The van der Waals surface area contributed by atoms with Crippen molar-refractivity contribution in [3.8, 4) is 0 Å². The van der Waals surface area contributed by atoms with Crippen molar-refractivity contribution < 1.29 is 9.05 Å². The molecular formula is C14H25N2O2PS2. The zero-order valence-corrected chi connectivity index (χ0v) is 15.3. The first-order chi connectivity index (χ1) is 10.1. The Morgan fingerprint density at radius 2 is 2.10 bits per heavy atom. The number of piperidine rings is 1. The molecule has 0 saturated carbocycles. The molecule has 21 heavy (non-hydrogen) atoms.